The van der Waals surface area contributed by atoms with Crippen LogP contribution in [0.3, 0.4) is 0 Å². The van der Waals surface area contributed by atoms with Crippen LogP contribution < -0.4 is 0 Å². The summed E-state index contributed by atoms with van der Waals surface area (Å²) in [6.07, 6.45) is 6.76. The highest BCUT2D eigenvalue weighted by Crippen LogP contribution is 2.29. The van der Waals surface area contributed by atoms with Crippen molar-refractivity contribution in [3.05, 3.63) is 29.8 Å². The lowest BCUT2D eigenvalue weighted by atomic mass is 9.88. The highest BCUT2D eigenvalue weighted by Gasteiger charge is 2.32. The number of Topliss-reactive ketones (excluding diaryl/α,β-unsaturated/α-hetero) is 1. The van der Waals surface area contributed by atoms with Crippen LogP contribution in [0.5, 0.6) is 0 Å². The van der Waals surface area contributed by atoms with Crippen molar-refractivity contribution < 1.29 is 4.79 Å². The lowest BCUT2D eigenvalue weighted by Crippen LogP contribution is -2.50. The molecular weight excluding hydrogens is 328 g/mol. The van der Waals surface area contributed by atoms with Gasteiger partial charge in [-0.25, -0.2) is 0 Å². The monoisotopic (exact) mass is 360 g/mol. The molecule has 0 saturated carbocycles. The highest BCUT2D eigenvalue weighted by molar-refractivity contribution is 7.98. The second-order valence-electron chi connectivity index (χ2n) is 7.76. The maximum atomic E-state index is 13.1. The summed E-state index contributed by atoms with van der Waals surface area (Å²) in [4.78, 5) is 19.4. The van der Waals surface area contributed by atoms with E-state index >= 15 is 0 Å². The van der Waals surface area contributed by atoms with Gasteiger partial charge in [0, 0.05) is 35.0 Å². The summed E-state index contributed by atoms with van der Waals surface area (Å²) in [6, 6.07) is 9.42. The number of thioether (sulfide) groups is 1. The van der Waals surface area contributed by atoms with Gasteiger partial charge in [-0.15, -0.1) is 11.8 Å². The SMILES string of the molecule is CSc1ccccc1C(=O)C1CCCN(C2CCN(C(C)C)CC2)C1. The Morgan fingerprint density at radius 1 is 1.12 bits per heavy atom. The third kappa shape index (κ3) is 4.47. The molecule has 2 aliphatic heterocycles. The molecule has 2 heterocycles. The van der Waals surface area contributed by atoms with Crippen molar-refractivity contribution in [3.63, 3.8) is 0 Å². The number of likely N-dealkylation sites (tertiary alicyclic amines) is 2. The molecule has 1 atom stereocenters. The Bertz CT molecular complexity index is 581. The van der Waals surface area contributed by atoms with Crippen LogP contribution in [0.1, 0.15) is 49.9 Å². The number of ketones is 1. The van der Waals surface area contributed by atoms with E-state index < -0.39 is 0 Å². The summed E-state index contributed by atoms with van der Waals surface area (Å²) in [6.45, 7) is 9.10. The summed E-state index contributed by atoms with van der Waals surface area (Å²) in [7, 11) is 0. The molecule has 138 valence electrons. The summed E-state index contributed by atoms with van der Waals surface area (Å²) >= 11 is 1.68. The first-order valence-corrected chi connectivity index (χ1v) is 11.0. The van der Waals surface area contributed by atoms with Crippen molar-refractivity contribution in [2.24, 2.45) is 5.92 Å². The number of benzene rings is 1. The van der Waals surface area contributed by atoms with Crippen LogP contribution in [0.2, 0.25) is 0 Å². The molecule has 1 unspecified atom stereocenters. The van der Waals surface area contributed by atoms with E-state index in [1.807, 2.05) is 18.2 Å². The van der Waals surface area contributed by atoms with Gasteiger partial charge in [0.05, 0.1) is 0 Å². The molecular formula is C21H32N2OS. The molecule has 4 heteroatoms. The predicted molar refractivity (Wildman–Crippen MR) is 107 cm³/mol. The van der Waals surface area contributed by atoms with Crippen molar-refractivity contribution in [1.82, 2.24) is 9.80 Å². The minimum absolute atomic E-state index is 0.171. The molecule has 3 nitrogen and oxygen atoms in total. The molecule has 0 amide bonds. The molecule has 3 rings (SSSR count). The molecule has 0 bridgehead atoms. The smallest absolute Gasteiger partial charge is 0.168 e. The summed E-state index contributed by atoms with van der Waals surface area (Å²) < 4.78 is 0. The highest BCUT2D eigenvalue weighted by atomic mass is 32.2. The van der Waals surface area contributed by atoms with Crippen LogP contribution in [0.15, 0.2) is 29.2 Å². The first-order chi connectivity index (χ1) is 12.1. The predicted octanol–water partition coefficient (Wildman–Crippen LogP) is 4.18. The zero-order valence-corrected chi connectivity index (χ0v) is 16.7. The van der Waals surface area contributed by atoms with Gasteiger partial charge in [-0.1, -0.05) is 18.2 Å². The van der Waals surface area contributed by atoms with Gasteiger partial charge in [0.15, 0.2) is 5.78 Å². The Morgan fingerprint density at radius 2 is 1.84 bits per heavy atom. The van der Waals surface area contributed by atoms with E-state index in [2.05, 4.69) is 36.0 Å². The van der Waals surface area contributed by atoms with Crippen molar-refractivity contribution >= 4 is 17.5 Å². The Labute approximate surface area is 157 Å². The van der Waals surface area contributed by atoms with Gasteiger partial charge in [0.2, 0.25) is 0 Å². The average Bonchev–Trinajstić information content (AvgIpc) is 2.67. The lowest BCUT2D eigenvalue weighted by Gasteiger charge is -2.43. The molecule has 2 aliphatic rings. The quantitative estimate of drug-likeness (QED) is 0.581. The number of nitrogens with zero attached hydrogens (tertiary/aromatic N) is 2. The van der Waals surface area contributed by atoms with Crippen LogP contribution in [0.4, 0.5) is 0 Å². The van der Waals surface area contributed by atoms with Gasteiger partial charge in [-0.2, -0.15) is 0 Å². The molecule has 25 heavy (non-hydrogen) atoms. The van der Waals surface area contributed by atoms with E-state index in [-0.39, 0.29) is 5.92 Å². The second-order valence-corrected chi connectivity index (χ2v) is 8.61. The molecule has 0 radical (unpaired) electrons. The van der Waals surface area contributed by atoms with Crippen LogP contribution in [0, 0.1) is 5.92 Å². The van der Waals surface area contributed by atoms with E-state index in [4.69, 9.17) is 0 Å². The van der Waals surface area contributed by atoms with E-state index in [1.165, 1.54) is 32.5 Å². The number of carbonyl (C=O) groups is 1. The van der Waals surface area contributed by atoms with Crippen LogP contribution in [0.25, 0.3) is 0 Å². The number of hydrogen-bond acceptors (Lipinski definition) is 4. The third-order valence-electron chi connectivity index (χ3n) is 5.94. The Balaban J connectivity index is 1.62. The third-order valence-corrected chi connectivity index (χ3v) is 6.74. The maximum absolute atomic E-state index is 13.1. The summed E-state index contributed by atoms with van der Waals surface area (Å²) in [5.41, 5.74) is 0.927. The van der Waals surface area contributed by atoms with Crippen molar-refractivity contribution in [2.45, 2.75) is 56.5 Å². The first kappa shape index (κ1) is 18.9. The molecule has 0 spiro atoms. The van der Waals surface area contributed by atoms with Crippen molar-refractivity contribution in [2.75, 3.05) is 32.4 Å². The largest absolute Gasteiger partial charge is 0.301 e. The van der Waals surface area contributed by atoms with Gasteiger partial charge < -0.3 is 4.90 Å². The summed E-state index contributed by atoms with van der Waals surface area (Å²) in [5, 5.41) is 0. The zero-order valence-electron chi connectivity index (χ0n) is 15.9. The van der Waals surface area contributed by atoms with E-state index in [0.29, 0.717) is 17.9 Å². The fraction of sp³-hybridized carbons (Fsp3) is 0.667. The van der Waals surface area contributed by atoms with Crippen molar-refractivity contribution in [1.29, 1.82) is 0 Å². The van der Waals surface area contributed by atoms with E-state index in [1.54, 1.807) is 11.8 Å². The summed E-state index contributed by atoms with van der Waals surface area (Å²) in [5.74, 6) is 0.527. The Hall–Kier alpha value is -0.840. The van der Waals surface area contributed by atoms with Crippen LogP contribution >= 0.6 is 11.8 Å². The fourth-order valence-corrected chi connectivity index (χ4v) is 4.99. The molecule has 1 aromatic rings. The molecule has 0 aromatic heterocycles. The van der Waals surface area contributed by atoms with Crippen molar-refractivity contribution in [3.8, 4) is 0 Å². The standard InChI is InChI=1S/C21H32N2OS/c1-16(2)22-13-10-18(11-14-22)23-12-6-7-17(15-23)21(24)19-8-4-5-9-20(19)25-3/h4-5,8-9,16-18H,6-7,10-15H2,1-3H3. The molecule has 0 N–H and O–H groups in total. The van der Waals surface area contributed by atoms with Crippen LogP contribution in [-0.4, -0.2) is 60.1 Å². The topological polar surface area (TPSA) is 23.6 Å². The van der Waals surface area contributed by atoms with Crippen LogP contribution in [-0.2, 0) is 0 Å². The molecule has 0 aliphatic carbocycles. The number of carbonyl (C=O) groups excluding carboxylic acids is 1. The average molecular weight is 361 g/mol. The molecule has 2 saturated heterocycles. The normalized spacial score (nSPS) is 23.9. The first-order valence-electron chi connectivity index (χ1n) is 9.75. The van der Waals surface area contributed by atoms with Gasteiger partial charge in [-0.05, 0) is 71.5 Å². The van der Waals surface area contributed by atoms with E-state index in [0.717, 1.165) is 29.8 Å². The molecule has 2 fully saturated rings. The van der Waals surface area contributed by atoms with Gasteiger partial charge >= 0.3 is 0 Å². The second kappa shape index (κ2) is 8.70. The zero-order chi connectivity index (χ0) is 17.8. The minimum atomic E-state index is 0.171. The minimum Gasteiger partial charge on any atom is -0.301 e. The Kier molecular flexibility index (Phi) is 6.59. The lowest BCUT2D eigenvalue weighted by molar-refractivity contribution is 0.0542. The molecule has 1 aromatic carbocycles. The number of hydrogen-bond donors (Lipinski definition) is 0. The van der Waals surface area contributed by atoms with E-state index in [9.17, 15) is 4.79 Å². The fourth-order valence-electron chi connectivity index (χ4n) is 4.39. The van der Waals surface area contributed by atoms with Gasteiger partial charge in [-0.3, -0.25) is 9.69 Å². The van der Waals surface area contributed by atoms with Gasteiger partial charge in [0.25, 0.3) is 0 Å². The maximum Gasteiger partial charge on any atom is 0.168 e. The number of piperidine rings is 2. The Morgan fingerprint density at radius 3 is 2.52 bits per heavy atom. The number of rotatable bonds is 5. The van der Waals surface area contributed by atoms with Gasteiger partial charge in [0.1, 0.15) is 0 Å².